The molecule has 0 radical (unpaired) electrons. The Kier molecular flexibility index (Phi) is 4.16. The molecule has 1 heterocycles. The van der Waals surface area contributed by atoms with Gasteiger partial charge in [0.05, 0.1) is 0 Å². The molecule has 2 N–H and O–H groups in total. The number of anilines is 1. The quantitative estimate of drug-likeness (QED) is 0.773. The Morgan fingerprint density at radius 1 is 1.00 bits per heavy atom. The highest BCUT2D eigenvalue weighted by atomic mass is 16.4. The monoisotopic (exact) mass is 321 g/mol. The molecule has 5 heteroatoms. The molecular weight excluding hydrogens is 306 g/mol. The van der Waals surface area contributed by atoms with Crippen molar-refractivity contribution in [3.8, 4) is 16.9 Å². The topological polar surface area (TPSA) is 79.5 Å². The molecule has 0 saturated carbocycles. The van der Waals surface area contributed by atoms with Crippen molar-refractivity contribution < 1.29 is 14.3 Å². The summed E-state index contributed by atoms with van der Waals surface area (Å²) in [7, 11) is 0. The molecule has 0 unspecified atom stereocenters. The summed E-state index contributed by atoms with van der Waals surface area (Å²) in [5.41, 5.74) is 1.96. The van der Waals surface area contributed by atoms with E-state index in [9.17, 15) is 14.7 Å². The maximum Gasteiger partial charge on any atom is 0.295 e. The molecule has 1 amide bonds. The SMILES string of the molecule is Cc1cc(=O)c(O)c(C(=O)Nc2ccc(-c3ccccc3)cc2)o1. The first-order chi connectivity index (χ1) is 11.5. The van der Waals surface area contributed by atoms with Gasteiger partial charge in [0.15, 0.2) is 0 Å². The van der Waals surface area contributed by atoms with Crippen LogP contribution >= 0.6 is 0 Å². The summed E-state index contributed by atoms with van der Waals surface area (Å²) < 4.78 is 5.15. The maximum absolute atomic E-state index is 12.2. The van der Waals surface area contributed by atoms with Gasteiger partial charge in [-0.25, -0.2) is 0 Å². The van der Waals surface area contributed by atoms with Gasteiger partial charge in [0.2, 0.25) is 16.9 Å². The van der Waals surface area contributed by atoms with Crippen molar-refractivity contribution in [2.75, 3.05) is 5.32 Å². The van der Waals surface area contributed by atoms with Crippen LogP contribution in [0.1, 0.15) is 16.3 Å². The summed E-state index contributed by atoms with van der Waals surface area (Å²) in [4.78, 5) is 23.7. The fourth-order valence-electron chi connectivity index (χ4n) is 2.32. The standard InChI is InChI=1S/C19H15NO4/c1-12-11-16(21)17(22)18(24-12)19(23)20-15-9-7-14(8-10-15)13-5-3-2-4-6-13/h2-11,22H,1H3,(H,20,23). The van der Waals surface area contributed by atoms with Gasteiger partial charge in [0, 0.05) is 11.8 Å². The second-order valence-corrected chi connectivity index (χ2v) is 5.30. The van der Waals surface area contributed by atoms with E-state index >= 15 is 0 Å². The average Bonchev–Trinajstić information content (AvgIpc) is 2.59. The van der Waals surface area contributed by atoms with Gasteiger partial charge in [-0.15, -0.1) is 0 Å². The highest BCUT2D eigenvalue weighted by molar-refractivity contribution is 6.04. The van der Waals surface area contributed by atoms with E-state index < -0.39 is 22.8 Å². The van der Waals surface area contributed by atoms with Gasteiger partial charge in [-0.3, -0.25) is 9.59 Å². The number of benzene rings is 2. The molecule has 3 aromatic rings. The molecule has 0 saturated heterocycles. The van der Waals surface area contributed by atoms with Crippen molar-refractivity contribution in [1.29, 1.82) is 0 Å². The third kappa shape index (κ3) is 3.20. The highest BCUT2D eigenvalue weighted by Gasteiger charge is 2.18. The molecular formula is C19H15NO4. The third-order valence-electron chi connectivity index (χ3n) is 3.50. The Morgan fingerprint density at radius 2 is 1.62 bits per heavy atom. The van der Waals surface area contributed by atoms with E-state index in [-0.39, 0.29) is 5.76 Å². The highest BCUT2D eigenvalue weighted by Crippen LogP contribution is 2.22. The lowest BCUT2D eigenvalue weighted by molar-refractivity contribution is 0.0988. The number of hydrogen-bond acceptors (Lipinski definition) is 4. The van der Waals surface area contributed by atoms with Crippen molar-refractivity contribution in [1.82, 2.24) is 0 Å². The molecule has 0 aliphatic heterocycles. The molecule has 0 spiro atoms. The minimum absolute atomic E-state index is 0.252. The number of aryl methyl sites for hydroxylation is 1. The van der Waals surface area contributed by atoms with Crippen molar-refractivity contribution in [2.24, 2.45) is 0 Å². The van der Waals surface area contributed by atoms with E-state index in [0.29, 0.717) is 5.69 Å². The Balaban J connectivity index is 1.82. The Labute approximate surface area is 138 Å². The van der Waals surface area contributed by atoms with E-state index in [0.717, 1.165) is 17.2 Å². The van der Waals surface area contributed by atoms with Crippen molar-refractivity contribution in [3.05, 3.63) is 82.4 Å². The lowest BCUT2D eigenvalue weighted by atomic mass is 10.1. The van der Waals surface area contributed by atoms with Crippen LogP contribution in [0, 0.1) is 6.92 Å². The second-order valence-electron chi connectivity index (χ2n) is 5.30. The zero-order valence-electron chi connectivity index (χ0n) is 12.9. The molecule has 0 aliphatic carbocycles. The maximum atomic E-state index is 12.2. The zero-order chi connectivity index (χ0) is 17.1. The van der Waals surface area contributed by atoms with E-state index in [1.165, 1.54) is 6.92 Å². The first-order valence-electron chi connectivity index (χ1n) is 7.35. The van der Waals surface area contributed by atoms with Crippen LogP contribution in [0.3, 0.4) is 0 Å². The smallest absolute Gasteiger partial charge is 0.295 e. The van der Waals surface area contributed by atoms with E-state index in [1.807, 2.05) is 42.5 Å². The summed E-state index contributed by atoms with van der Waals surface area (Å²) in [6.07, 6.45) is 0. The van der Waals surface area contributed by atoms with Crippen LogP contribution in [0.2, 0.25) is 0 Å². The Morgan fingerprint density at radius 3 is 2.29 bits per heavy atom. The molecule has 1 aromatic heterocycles. The molecule has 0 fully saturated rings. The molecule has 0 bridgehead atoms. The van der Waals surface area contributed by atoms with Gasteiger partial charge in [-0.1, -0.05) is 42.5 Å². The fraction of sp³-hybridized carbons (Fsp3) is 0.0526. The normalized spacial score (nSPS) is 10.4. The summed E-state index contributed by atoms with van der Waals surface area (Å²) >= 11 is 0. The lowest BCUT2D eigenvalue weighted by Gasteiger charge is -2.07. The summed E-state index contributed by atoms with van der Waals surface area (Å²) in [6, 6.07) is 18.2. The predicted octanol–water partition coefficient (Wildman–Crippen LogP) is 3.57. The predicted molar refractivity (Wildman–Crippen MR) is 91.2 cm³/mol. The molecule has 0 atom stereocenters. The van der Waals surface area contributed by atoms with Crippen LogP contribution in [-0.2, 0) is 0 Å². The minimum atomic E-state index is -0.695. The molecule has 5 nitrogen and oxygen atoms in total. The van der Waals surface area contributed by atoms with Crippen LogP contribution in [-0.4, -0.2) is 11.0 Å². The van der Waals surface area contributed by atoms with Gasteiger partial charge >= 0.3 is 0 Å². The van der Waals surface area contributed by atoms with Gasteiger partial charge in [0.1, 0.15) is 5.76 Å². The van der Waals surface area contributed by atoms with Crippen molar-refractivity contribution in [3.63, 3.8) is 0 Å². The molecule has 24 heavy (non-hydrogen) atoms. The average molecular weight is 321 g/mol. The molecule has 0 aliphatic rings. The number of carbonyl (C=O) groups excluding carboxylic acids is 1. The summed E-state index contributed by atoms with van der Waals surface area (Å²) in [5, 5.41) is 12.3. The largest absolute Gasteiger partial charge is 0.501 e. The van der Waals surface area contributed by atoms with Crippen molar-refractivity contribution >= 4 is 11.6 Å². The number of nitrogens with one attached hydrogen (secondary N) is 1. The number of rotatable bonds is 3. The first-order valence-corrected chi connectivity index (χ1v) is 7.35. The first kappa shape index (κ1) is 15.6. The molecule has 3 rings (SSSR count). The number of aromatic hydroxyl groups is 1. The number of hydrogen-bond donors (Lipinski definition) is 2. The third-order valence-corrected chi connectivity index (χ3v) is 3.50. The van der Waals surface area contributed by atoms with Gasteiger partial charge < -0.3 is 14.8 Å². The zero-order valence-corrected chi connectivity index (χ0v) is 12.9. The van der Waals surface area contributed by atoms with E-state index in [2.05, 4.69) is 5.32 Å². The summed E-state index contributed by atoms with van der Waals surface area (Å²) in [6.45, 7) is 1.53. The minimum Gasteiger partial charge on any atom is -0.501 e. The van der Waals surface area contributed by atoms with Gasteiger partial charge in [-0.05, 0) is 30.2 Å². The van der Waals surface area contributed by atoms with Crippen LogP contribution in [0.4, 0.5) is 5.69 Å². The van der Waals surface area contributed by atoms with Crippen molar-refractivity contribution in [2.45, 2.75) is 6.92 Å². The van der Waals surface area contributed by atoms with Crippen LogP contribution in [0.5, 0.6) is 5.75 Å². The molecule has 2 aromatic carbocycles. The molecule has 120 valence electrons. The van der Waals surface area contributed by atoms with E-state index in [4.69, 9.17) is 4.42 Å². The fourth-order valence-corrected chi connectivity index (χ4v) is 2.32. The van der Waals surface area contributed by atoms with Crippen LogP contribution in [0.25, 0.3) is 11.1 Å². The number of carbonyl (C=O) groups is 1. The second kappa shape index (κ2) is 6.42. The van der Waals surface area contributed by atoms with Crippen LogP contribution < -0.4 is 10.7 Å². The van der Waals surface area contributed by atoms with Gasteiger partial charge in [0.25, 0.3) is 5.91 Å². The van der Waals surface area contributed by atoms with E-state index in [1.54, 1.807) is 12.1 Å². The lowest BCUT2D eigenvalue weighted by Crippen LogP contribution is -2.15. The Bertz CT molecular complexity index is 928. The Hall–Kier alpha value is -3.34. The number of amides is 1. The van der Waals surface area contributed by atoms with Gasteiger partial charge in [-0.2, -0.15) is 0 Å². The summed E-state index contributed by atoms with van der Waals surface area (Å²) in [5.74, 6) is -1.52. The van der Waals surface area contributed by atoms with Crippen LogP contribution in [0.15, 0.2) is 69.9 Å².